The molecule has 1 aromatic rings. The lowest BCUT2D eigenvalue weighted by Crippen LogP contribution is -2.41. The molecule has 0 unspecified atom stereocenters. The van der Waals surface area contributed by atoms with Gasteiger partial charge in [-0.1, -0.05) is 26.7 Å². The number of nitrogens with zero attached hydrogens (tertiary/aromatic N) is 2. The monoisotopic (exact) mass is 293 g/mol. The van der Waals surface area contributed by atoms with Crippen LogP contribution in [-0.4, -0.2) is 17.4 Å². The van der Waals surface area contributed by atoms with Crippen LogP contribution in [0.25, 0.3) is 0 Å². The van der Waals surface area contributed by atoms with Crippen molar-refractivity contribution in [3.63, 3.8) is 0 Å². The topological polar surface area (TPSA) is 65.8 Å². The molecule has 20 heavy (non-hydrogen) atoms. The summed E-state index contributed by atoms with van der Waals surface area (Å²) in [7, 11) is 0. The Morgan fingerprint density at radius 1 is 1.45 bits per heavy atom. The molecule has 0 saturated heterocycles. The first-order valence-electron chi connectivity index (χ1n) is 7.18. The SMILES string of the molecule is CCCC(C#N)(CCC)C(=O)NCCc1csc(C)n1. The Kier molecular flexibility index (Phi) is 6.66. The van der Waals surface area contributed by atoms with Crippen LogP contribution in [0.2, 0.25) is 0 Å². The number of thiazole rings is 1. The fraction of sp³-hybridized carbons (Fsp3) is 0.667. The third-order valence-corrected chi connectivity index (χ3v) is 4.16. The highest BCUT2D eigenvalue weighted by Crippen LogP contribution is 2.29. The van der Waals surface area contributed by atoms with E-state index in [-0.39, 0.29) is 5.91 Å². The molecule has 1 amide bonds. The molecule has 0 radical (unpaired) electrons. The maximum atomic E-state index is 12.3. The van der Waals surface area contributed by atoms with Gasteiger partial charge in [-0.25, -0.2) is 4.98 Å². The molecule has 1 heterocycles. The number of carbonyl (C=O) groups excluding carboxylic acids is 1. The van der Waals surface area contributed by atoms with Crippen molar-refractivity contribution in [2.45, 2.75) is 52.9 Å². The molecule has 0 atom stereocenters. The van der Waals surface area contributed by atoms with Crippen LogP contribution >= 0.6 is 11.3 Å². The van der Waals surface area contributed by atoms with Gasteiger partial charge in [0.25, 0.3) is 0 Å². The Balaban J connectivity index is 2.56. The molecule has 0 spiro atoms. The summed E-state index contributed by atoms with van der Waals surface area (Å²) in [4.78, 5) is 16.7. The summed E-state index contributed by atoms with van der Waals surface area (Å²) in [5.41, 5.74) is 0.142. The molecule has 0 aliphatic carbocycles. The van der Waals surface area contributed by atoms with Gasteiger partial charge in [0.05, 0.1) is 16.8 Å². The van der Waals surface area contributed by atoms with E-state index in [2.05, 4.69) is 16.4 Å². The molecule has 1 aromatic heterocycles. The summed E-state index contributed by atoms with van der Waals surface area (Å²) in [5.74, 6) is -0.129. The maximum absolute atomic E-state index is 12.3. The van der Waals surface area contributed by atoms with Gasteiger partial charge >= 0.3 is 0 Å². The van der Waals surface area contributed by atoms with Gasteiger partial charge in [0.1, 0.15) is 5.41 Å². The van der Waals surface area contributed by atoms with Gasteiger partial charge in [-0.05, 0) is 19.8 Å². The quantitative estimate of drug-likeness (QED) is 0.800. The van der Waals surface area contributed by atoms with Crippen LogP contribution in [0.3, 0.4) is 0 Å². The minimum absolute atomic E-state index is 0.129. The highest BCUT2D eigenvalue weighted by Gasteiger charge is 2.36. The Bertz CT molecular complexity index is 470. The Hall–Kier alpha value is -1.41. The molecule has 0 aromatic carbocycles. The van der Waals surface area contributed by atoms with Crippen LogP contribution in [-0.2, 0) is 11.2 Å². The molecule has 0 aliphatic rings. The third kappa shape index (κ3) is 4.31. The lowest BCUT2D eigenvalue weighted by molar-refractivity contribution is -0.128. The van der Waals surface area contributed by atoms with E-state index in [1.165, 1.54) is 0 Å². The minimum Gasteiger partial charge on any atom is -0.354 e. The van der Waals surface area contributed by atoms with Crippen LogP contribution in [0, 0.1) is 23.7 Å². The van der Waals surface area contributed by atoms with Crippen LogP contribution in [0.15, 0.2) is 5.38 Å². The first-order valence-corrected chi connectivity index (χ1v) is 8.06. The molecule has 1 N–H and O–H groups in total. The number of aromatic nitrogens is 1. The number of aryl methyl sites for hydroxylation is 1. The zero-order valence-electron chi connectivity index (χ0n) is 12.5. The number of amides is 1. The van der Waals surface area contributed by atoms with Gasteiger partial charge in [0, 0.05) is 18.3 Å². The largest absolute Gasteiger partial charge is 0.354 e. The molecule has 0 aliphatic heterocycles. The number of rotatable bonds is 8. The van der Waals surface area contributed by atoms with Crippen molar-refractivity contribution in [3.8, 4) is 6.07 Å². The predicted molar refractivity (Wildman–Crippen MR) is 81.4 cm³/mol. The Morgan fingerprint density at radius 2 is 2.10 bits per heavy atom. The smallest absolute Gasteiger partial charge is 0.240 e. The highest BCUT2D eigenvalue weighted by atomic mass is 32.1. The molecular weight excluding hydrogens is 270 g/mol. The fourth-order valence-corrected chi connectivity index (χ4v) is 3.01. The van der Waals surface area contributed by atoms with Crippen LogP contribution in [0.5, 0.6) is 0 Å². The van der Waals surface area contributed by atoms with Crippen molar-refractivity contribution in [2.24, 2.45) is 5.41 Å². The molecule has 110 valence electrons. The highest BCUT2D eigenvalue weighted by molar-refractivity contribution is 7.09. The predicted octanol–water partition coefficient (Wildman–Crippen LogP) is 3.22. The molecule has 1 rings (SSSR count). The second-order valence-corrected chi connectivity index (χ2v) is 6.12. The molecule has 5 heteroatoms. The standard InChI is InChI=1S/C15H23N3OS/c1-4-7-15(11-16,8-5-2)14(19)17-9-6-13-10-20-12(3)18-13/h10H,4-9H2,1-3H3,(H,17,19). The zero-order chi connectivity index (χ0) is 15.0. The van der Waals surface area contributed by atoms with E-state index < -0.39 is 5.41 Å². The summed E-state index contributed by atoms with van der Waals surface area (Å²) in [5, 5.41) is 15.4. The molecule has 0 bridgehead atoms. The summed E-state index contributed by atoms with van der Waals surface area (Å²) in [6.45, 7) is 6.52. The Labute approximate surface area is 125 Å². The van der Waals surface area contributed by atoms with Crippen molar-refractivity contribution < 1.29 is 4.79 Å². The fourth-order valence-electron chi connectivity index (χ4n) is 2.36. The zero-order valence-corrected chi connectivity index (χ0v) is 13.3. The van der Waals surface area contributed by atoms with Gasteiger partial charge in [-0.3, -0.25) is 4.79 Å². The van der Waals surface area contributed by atoms with Crippen molar-refractivity contribution >= 4 is 17.2 Å². The Morgan fingerprint density at radius 3 is 2.55 bits per heavy atom. The number of nitriles is 1. The second kappa shape index (κ2) is 8.01. The van der Waals surface area contributed by atoms with Crippen LogP contribution in [0.1, 0.15) is 50.2 Å². The lowest BCUT2D eigenvalue weighted by Gasteiger charge is -2.24. The molecule has 4 nitrogen and oxygen atoms in total. The molecular formula is C15H23N3OS. The van der Waals surface area contributed by atoms with E-state index in [0.717, 1.165) is 30.0 Å². The number of hydrogen-bond donors (Lipinski definition) is 1. The maximum Gasteiger partial charge on any atom is 0.240 e. The molecule has 0 saturated carbocycles. The van der Waals surface area contributed by atoms with Gasteiger partial charge in [0.15, 0.2) is 0 Å². The lowest BCUT2D eigenvalue weighted by atomic mass is 9.80. The number of hydrogen-bond acceptors (Lipinski definition) is 4. The van der Waals surface area contributed by atoms with Gasteiger partial charge in [0.2, 0.25) is 5.91 Å². The summed E-state index contributed by atoms with van der Waals surface area (Å²) < 4.78 is 0. The normalized spacial score (nSPS) is 11.1. The van der Waals surface area contributed by atoms with E-state index >= 15 is 0 Å². The van der Waals surface area contributed by atoms with Gasteiger partial charge < -0.3 is 5.32 Å². The summed E-state index contributed by atoms with van der Waals surface area (Å²) >= 11 is 1.61. The second-order valence-electron chi connectivity index (χ2n) is 5.06. The summed E-state index contributed by atoms with van der Waals surface area (Å²) in [6.07, 6.45) is 3.65. The third-order valence-electron chi connectivity index (χ3n) is 3.34. The van der Waals surface area contributed by atoms with Crippen molar-refractivity contribution in [3.05, 3.63) is 16.1 Å². The van der Waals surface area contributed by atoms with Gasteiger partial charge in [-0.15, -0.1) is 11.3 Å². The summed E-state index contributed by atoms with van der Waals surface area (Å²) in [6, 6.07) is 2.24. The molecule has 0 fully saturated rings. The van der Waals surface area contributed by atoms with E-state index in [4.69, 9.17) is 0 Å². The van der Waals surface area contributed by atoms with Crippen LogP contribution in [0.4, 0.5) is 0 Å². The van der Waals surface area contributed by atoms with E-state index in [0.29, 0.717) is 19.4 Å². The van der Waals surface area contributed by atoms with Crippen molar-refractivity contribution in [1.82, 2.24) is 10.3 Å². The van der Waals surface area contributed by atoms with Crippen LogP contribution < -0.4 is 5.32 Å². The minimum atomic E-state index is -0.860. The number of carbonyl (C=O) groups is 1. The van der Waals surface area contributed by atoms with Crippen molar-refractivity contribution in [2.75, 3.05) is 6.54 Å². The van der Waals surface area contributed by atoms with Crippen molar-refractivity contribution in [1.29, 1.82) is 5.26 Å². The van der Waals surface area contributed by atoms with E-state index in [9.17, 15) is 10.1 Å². The average Bonchev–Trinajstić information content (AvgIpc) is 2.84. The first kappa shape index (κ1) is 16.6. The van der Waals surface area contributed by atoms with E-state index in [1.807, 2.05) is 26.2 Å². The van der Waals surface area contributed by atoms with Gasteiger partial charge in [-0.2, -0.15) is 5.26 Å². The average molecular weight is 293 g/mol. The number of nitrogens with one attached hydrogen (secondary N) is 1. The van der Waals surface area contributed by atoms with E-state index in [1.54, 1.807) is 11.3 Å². The first-order chi connectivity index (χ1) is 9.57.